The number of carboxylic acid groups (broad SMARTS) is 1. The van der Waals surface area contributed by atoms with Gasteiger partial charge in [-0.25, -0.2) is 9.78 Å². The Kier molecular flexibility index (Phi) is 5.97. The molecule has 1 saturated heterocycles. The number of hydrogen-bond acceptors (Lipinski definition) is 6. The van der Waals surface area contributed by atoms with E-state index in [1.54, 1.807) is 41.9 Å². The third-order valence-electron chi connectivity index (χ3n) is 5.44. The maximum Gasteiger partial charge on any atom is 0.337 e. The summed E-state index contributed by atoms with van der Waals surface area (Å²) in [5.74, 6) is -0.404. The molecule has 162 valence electrons. The van der Waals surface area contributed by atoms with Crippen molar-refractivity contribution in [2.75, 3.05) is 36.5 Å². The van der Waals surface area contributed by atoms with Crippen LogP contribution in [0.5, 0.6) is 0 Å². The quantitative estimate of drug-likeness (QED) is 0.570. The normalized spacial score (nSPS) is 15.1. The zero-order valence-corrected chi connectivity index (χ0v) is 18.8. The molecule has 1 aliphatic heterocycles. The van der Waals surface area contributed by atoms with Crippen molar-refractivity contribution >= 4 is 44.4 Å². The average Bonchev–Trinajstić information content (AvgIpc) is 2.77. The third-order valence-corrected chi connectivity index (χ3v) is 5.90. The molecule has 31 heavy (non-hydrogen) atoms. The molecule has 2 heterocycles. The molecule has 3 aromatic rings. The monoisotopic (exact) mass is 486 g/mol. The van der Waals surface area contributed by atoms with E-state index in [0.717, 1.165) is 10.0 Å². The maximum atomic E-state index is 13.2. The minimum atomic E-state index is -1.00. The summed E-state index contributed by atoms with van der Waals surface area (Å²) >= 11 is 3.50. The molecular weight excluding hydrogens is 464 g/mol. The summed E-state index contributed by atoms with van der Waals surface area (Å²) in [4.78, 5) is 31.7. The van der Waals surface area contributed by atoms with Crippen molar-refractivity contribution in [1.29, 1.82) is 0 Å². The van der Waals surface area contributed by atoms with E-state index in [-0.39, 0.29) is 17.2 Å². The minimum Gasteiger partial charge on any atom is -0.478 e. The number of nitrogens with one attached hydrogen (secondary N) is 1. The van der Waals surface area contributed by atoms with Crippen molar-refractivity contribution < 1.29 is 14.6 Å². The lowest BCUT2D eigenvalue weighted by Crippen LogP contribution is -2.40. The molecule has 0 amide bonds. The highest BCUT2D eigenvalue weighted by Crippen LogP contribution is 2.30. The highest BCUT2D eigenvalue weighted by atomic mass is 79.9. The van der Waals surface area contributed by atoms with Crippen LogP contribution >= 0.6 is 15.9 Å². The molecule has 0 spiro atoms. The molecular formula is C22H23BrN4O4. The van der Waals surface area contributed by atoms with Gasteiger partial charge in [0.25, 0.3) is 5.56 Å². The molecule has 1 fully saturated rings. The number of nitrogens with zero attached hydrogens (tertiary/aromatic N) is 3. The largest absolute Gasteiger partial charge is 0.478 e. The third kappa shape index (κ3) is 4.15. The smallest absolute Gasteiger partial charge is 0.337 e. The molecule has 0 saturated carbocycles. The highest BCUT2D eigenvalue weighted by Gasteiger charge is 2.21. The SMILES string of the molecule is C[C@H](Nc1ccccc1C(=O)O)c1cc(Br)cc2c(=O)n(C)c(N3CCOCC3)nc12. The fourth-order valence-electron chi connectivity index (χ4n) is 3.84. The van der Waals surface area contributed by atoms with E-state index in [2.05, 4.69) is 21.2 Å². The Morgan fingerprint density at radius 1 is 1.26 bits per heavy atom. The van der Waals surface area contributed by atoms with Crippen LogP contribution < -0.4 is 15.8 Å². The van der Waals surface area contributed by atoms with E-state index in [9.17, 15) is 14.7 Å². The number of morpholine rings is 1. The number of fused-ring (bicyclic) bond motifs is 1. The number of halogens is 1. The molecule has 0 bridgehead atoms. The van der Waals surface area contributed by atoms with E-state index in [1.165, 1.54) is 0 Å². The van der Waals surface area contributed by atoms with Gasteiger partial charge < -0.3 is 20.1 Å². The Morgan fingerprint density at radius 3 is 2.68 bits per heavy atom. The van der Waals surface area contributed by atoms with Gasteiger partial charge in [-0.05, 0) is 31.2 Å². The first kappa shape index (κ1) is 21.3. The molecule has 8 nitrogen and oxygen atoms in total. The minimum absolute atomic E-state index is 0.132. The fourth-order valence-corrected chi connectivity index (χ4v) is 4.31. The standard InChI is InChI=1S/C22H23BrN4O4/c1-13(24-18-6-4-3-5-15(18)21(29)30)16-11-14(23)12-17-19(16)25-22(26(2)20(17)28)27-7-9-31-10-8-27/h3-6,11-13,24H,7-10H2,1-2H3,(H,29,30)/t13-/m0/s1. The average molecular weight is 487 g/mol. The van der Waals surface area contributed by atoms with Crippen LogP contribution in [0.3, 0.4) is 0 Å². The van der Waals surface area contributed by atoms with Crippen molar-refractivity contribution in [3.05, 3.63) is 62.4 Å². The molecule has 1 aromatic heterocycles. The van der Waals surface area contributed by atoms with Crippen LogP contribution in [0, 0.1) is 0 Å². The Labute approximate surface area is 187 Å². The number of aromatic carboxylic acids is 1. The lowest BCUT2D eigenvalue weighted by molar-refractivity contribution is 0.0698. The first-order chi connectivity index (χ1) is 14.9. The second kappa shape index (κ2) is 8.68. The molecule has 1 atom stereocenters. The number of carbonyl (C=O) groups is 1. The lowest BCUT2D eigenvalue weighted by Gasteiger charge is -2.29. The van der Waals surface area contributed by atoms with Crippen LogP contribution in [0.15, 0.2) is 45.7 Å². The zero-order valence-electron chi connectivity index (χ0n) is 17.3. The van der Waals surface area contributed by atoms with Crippen molar-refractivity contribution in [3.8, 4) is 0 Å². The van der Waals surface area contributed by atoms with E-state index >= 15 is 0 Å². The summed E-state index contributed by atoms with van der Waals surface area (Å²) in [6.45, 7) is 4.43. The van der Waals surface area contributed by atoms with Gasteiger partial charge in [0.1, 0.15) is 0 Å². The zero-order chi connectivity index (χ0) is 22.1. The molecule has 0 unspecified atom stereocenters. The summed E-state index contributed by atoms with van der Waals surface area (Å²) in [6, 6.07) is 10.2. The summed E-state index contributed by atoms with van der Waals surface area (Å²) in [5.41, 5.74) is 1.96. The van der Waals surface area contributed by atoms with Gasteiger partial charge in [-0.1, -0.05) is 28.1 Å². The van der Waals surface area contributed by atoms with Gasteiger partial charge in [-0.15, -0.1) is 0 Å². The number of ether oxygens (including phenoxy) is 1. The number of hydrogen-bond donors (Lipinski definition) is 2. The van der Waals surface area contributed by atoms with Gasteiger partial charge in [0, 0.05) is 35.9 Å². The van der Waals surface area contributed by atoms with Gasteiger partial charge in [-0.3, -0.25) is 9.36 Å². The van der Waals surface area contributed by atoms with Gasteiger partial charge in [0.05, 0.1) is 35.7 Å². The predicted octanol–water partition coefficient (Wildman–Crippen LogP) is 3.40. The Morgan fingerprint density at radius 2 is 1.97 bits per heavy atom. The Balaban J connectivity index is 1.83. The van der Waals surface area contributed by atoms with E-state index in [4.69, 9.17) is 9.72 Å². The fraction of sp³-hybridized carbons (Fsp3) is 0.318. The van der Waals surface area contributed by atoms with Crippen LogP contribution in [-0.2, 0) is 11.8 Å². The van der Waals surface area contributed by atoms with Crippen molar-refractivity contribution in [3.63, 3.8) is 0 Å². The predicted molar refractivity (Wildman–Crippen MR) is 123 cm³/mol. The van der Waals surface area contributed by atoms with Gasteiger partial charge in [-0.2, -0.15) is 0 Å². The van der Waals surface area contributed by atoms with Crippen molar-refractivity contribution in [2.24, 2.45) is 7.05 Å². The molecule has 4 rings (SSSR count). The number of aromatic nitrogens is 2. The number of anilines is 2. The maximum absolute atomic E-state index is 13.2. The van der Waals surface area contributed by atoms with Crippen molar-refractivity contribution in [1.82, 2.24) is 9.55 Å². The second-order valence-corrected chi connectivity index (χ2v) is 8.40. The summed E-state index contributed by atoms with van der Waals surface area (Å²) in [5, 5.41) is 13.3. The molecule has 2 N–H and O–H groups in total. The van der Waals surface area contributed by atoms with Crippen LogP contribution in [0.4, 0.5) is 11.6 Å². The van der Waals surface area contributed by atoms with E-state index < -0.39 is 5.97 Å². The first-order valence-electron chi connectivity index (χ1n) is 9.98. The molecule has 0 radical (unpaired) electrons. The molecule has 1 aliphatic rings. The highest BCUT2D eigenvalue weighted by molar-refractivity contribution is 9.10. The number of benzene rings is 2. The van der Waals surface area contributed by atoms with Crippen LogP contribution in [0.25, 0.3) is 10.9 Å². The van der Waals surface area contributed by atoms with Crippen molar-refractivity contribution in [2.45, 2.75) is 13.0 Å². The first-order valence-corrected chi connectivity index (χ1v) is 10.8. The van der Waals surface area contributed by atoms with E-state index in [0.29, 0.717) is 48.8 Å². The lowest BCUT2D eigenvalue weighted by atomic mass is 10.0. The van der Waals surface area contributed by atoms with Crippen LogP contribution in [0.2, 0.25) is 0 Å². The van der Waals surface area contributed by atoms with Crippen LogP contribution in [0.1, 0.15) is 28.9 Å². The number of carboxylic acids is 1. The molecule has 2 aromatic carbocycles. The number of rotatable bonds is 5. The van der Waals surface area contributed by atoms with Gasteiger partial charge >= 0.3 is 5.97 Å². The van der Waals surface area contributed by atoms with Crippen LogP contribution in [-0.4, -0.2) is 46.9 Å². The topological polar surface area (TPSA) is 96.7 Å². The van der Waals surface area contributed by atoms with Gasteiger partial charge in [0.15, 0.2) is 0 Å². The Hall–Kier alpha value is -2.91. The summed E-state index contributed by atoms with van der Waals surface area (Å²) in [7, 11) is 1.73. The van der Waals surface area contributed by atoms with Gasteiger partial charge in [0.2, 0.25) is 5.95 Å². The number of para-hydroxylation sites is 1. The molecule has 0 aliphatic carbocycles. The second-order valence-electron chi connectivity index (χ2n) is 7.48. The Bertz CT molecular complexity index is 1200. The van der Waals surface area contributed by atoms with E-state index in [1.807, 2.05) is 17.9 Å². The molecule has 9 heteroatoms. The summed E-state index contributed by atoms with van der Waals surface area (Å²) in [6.07, 6.45) is 0. The summed E-state index contributed by atoms with van der Waals surface area (Å²) < 4.78 is 7.76.